The first-order valence-electron chi connectivity index (χ1n) is 8.37. The van der Waals surface area contributed by atoms with Crippen molar-refractivity contribution in [1.82, 2.24) is 10.7 Å². The molecule has 0 bridgehead atoms. The van der Waals surface area contributed by atoms with Crippen molar-refractivity contribution >= 4 is 34.5 Å². The van der Waals surface area contributed by atoms with Crippen molar-refractivity contribution in [3.05, 3.63) is 88.0 Å². The fourth-order valence-corrected chi connectivity index (χ4v) is 2.58. The van der Waals surface area contributed by atoms with E-state index in [9.17, 15) is 19.7 Å². The van der Waals surface area contributed by atoms with Crippen molar-refractivity contribution in [3.63, 3.8) is 0 Å². The maximum Gasteiger partial charge on any atom is 0.269 e. The molecule has 0 spiro atoms. The van der Waals surface area contributed by atoms with Gasteiger partial charge in [0.25, 0.3) is 17.5 Å². The van der Waals surface area contributed by atoms with Gasteiger partial charge in [-0.25, -0.2) is 5.43 Å². The van der Waals surface area contributed by atoms with Crippen molar-refractivity contribution in [2.45, 2.75) is 0 Å². The first-order valence-corrected chi connectivity index (χ1v) is 8.37. The Labute approximate surface area is 160 Å². The lowest BCUT2D eigenvalue weighted by Gasteiger charge is -2.07. The van der Waals surface area contributed by atoms with Crippen molar-refractivity contribution < 1.29 is 14.5 Å². The van der Waals surface area contributed by atoms with Gasteiger partial charge in [-0.15, -0.1) is 0 Å². The molecule has 0 aliphatic carbocycles. The second-order valence-corrected chi connectivity index (χ2v) is 5.85. The summed E-state index contributed by atoms with van der Waals surface area (Å²) in [5.41, 5.74) is 3.34. The van der Waals surface area contributed by atoms with Crippen molar-refractivity contribution in [1.29, 1.82) is 0 Å². The van der Waals surface area contributed by atoms with Gasteiger partial charge in [0.15, 0.2) is 0 Å². The summed E-state index contributed by atoms with van der Waals surface area (Å²) in [5.74, 6) is -0.849. The molecule has 8 nitrogen and oxygen atoms in total. The van der Waals surface area contributed by atoms with Gasteiger partial charge in [-0.3, -0.25) is 19.7 Å². The first kappa shape index (κ1) is 18.7. The van der Waals surface area contributed by atoms with Crippen LogP contribution in [0.1, 0.15) is 15.9 Å². The van der Waals surface area contributed by atoms with Gasteiger partial charge >= 0.3 is 0 Å². The number of carbonyl (C=O) groups is 2. The molecule has 0 heterocycles. The number of hydrazone groups is 1. The number of nitrogens with zero attached hydrogens (tertiary/aromatic N) is 2. The SMILES string of the molecule is O=C(CNC(=O)c1cccc2ccccc12)N/N=C\c1ccc([N+](=O)[O-])cc1. The molecule has 3 rings (SSSR count). The Morgan fingerprint density at radius 2 is 1.71 bits per heavy atom. The molecular formula is C20H16N4O4. The van der Waals surface area contributed by atoms with Crippen LogP contribution in [-0.4, -0.2) is 29.5 Å². The van der Waals surface area contributed by atoms with Gasteiger partial charge < -0.3 is 5.32 Å². The zero-order valence-electron chi connectivity index (χ0n) is 14.7. The fourth-order valence-electron chi connectivity index (χ4n) is 2.58. The molecule has 140 valence electrons. The van der Waals surface area contributed by atoms with E-state index in [0.29, 0.717) is 11.1 Å². The number of amides is 2. The van der Waals surface area contributed by atoms with Gasteiger partial charge in [0.1, 0.15) is 0 Å². The van der Waals surface area contributed by atoms with Gasteiger partial charge in [-0.2, -0.15) is 5.10 Å². The van der Waals surface area contributed by atoms with Crippen LogP contribution in [-0.2, 0) is 4.79 Å². The Morgan fingerprint density at radius 3 is 2.46 bits per heavy atom. The molecule has 2 amide bonds. The Kier molecular flexibility index (Phi) is 5.71. The highest BCUT2D eigenvalue weighted by Crippen LogP contribution is 2.18. The zero-order valence-corrected chi connectivity index (χ0v) is 14.7. The molecule has 3 aromatic rings. The van der Waals surface area contributed by atoms with Gasteiger partial charge in [0, 0.05) is 17.7 Å². The average Bonchev–Trinajstić information content (AvgIpc) is 2.72. The minimum absolute atomic E-state index is 0.0302. The van der Waals surface area contributed by atoms with E-state index in [2.05, 4.69) is 15.8 Å². The number of hydrogen-bond donors (Lipinski definition) is 2. The lowest BCUT2D eigenvalue weighted by Crippen LogP contribution is -2.35. The summed E-state index contributed by atoms with van der Waals surface area (Å²) >= 11 is 0. The number of hydrogen-bond acceptors (Lipinski definition) is 5. The normalized spacial score (nSPS) is 10.7. The van der Waals surface area contributed by atoms with E-state index in [0.717, 1.165) is 10.8 Å². The molecule has 28 heavy (non-hydrogen) atoms. The van der Waals surface area contributed by atoms with Gasteiger partial charge in [0.2, 0.25) is 0 Å². The van der Waals surface area contributed by atoms with E-state index >= 15 is 0 Å². The monoisotopic (exact) mass is 376 g/mol. The molecule has 0 aliphatic heterocycles. The van der Waals surface area contributed by atoms with E-state index in [1.165, 1.54) is 30.5 Å². The number of carbonyl (C=O) groups excluding carboxylic acids is 2. The highest BCUT2D eigenvalue weighted by Gasteiger charge is 2.10. The second-order valence-electron chi connectivity index (χ2n) is 5.85. The summed E-state index contributed by atoms with van der Waals surface area (Å²) in [7, 11) is 0. The highest BCUT2D eigenvalue weighted by atomic mass is 16.6. The third kappa shape index (κ3) is 4.55. The van der Waals surface area contributed by atoms with Crippen LogP contribution in [0.15, 0.2) is 71.8 Å². The molecule has 0 saturated heterocycles. The summed E-state index contributed by atoms with van der Waals surface area (Å²) in [6, 6.07) is 18.6. The largest absolute Gasteiger partial charge is 0.343 e. The zero-order chi connectivity index (χ0) is 19.9. The molecule has 0 atom stereocenters. The molecule has 3 aromatic carbocycles. The molecule has 0 saturated carbocycles. The number of nitro benzene ring substituents is 1. The lowest BCUT2D eigenvalue weighted by molar-refractivity contribution is -0.384. The minimum Gasteiger partial charge on any atom is -0.343 e. The highest BCUT2D eigenvalue weighted by molar-refractivity contribution is 6.07. The molecule has 0 fully saturated rings. The third-order valence-electron chi connectivity index (χ3n) is 3.95. The molecule has 0 aromatic heterocycles. The van der Waals surface area contributed by atoms with Crippen LogP contribution in [0.3, 0.4) is 0 Å². The topological polar surface area (TPSA) is 114 Å². The number of fused-ring (bicyclic) bond motifs is 1. The van der Waals surface area contributed by atoms with E-state index < -0.39 is 10.8 Å². The second kappa shape index (κ2) is 8.54. The quantitative estimate of drug-likeness (QED) is 0.391. The van der Waals surface area contributed by atoms with Crippen LogP contribution in [0.2, 0.25) is 0 Å². The van der Waals surface area contributed by atoms with Crippen LogP contribution in [0.25, 0.3) is 10.8 Å². The maximum atomic E-state index is 12.4. The van der Waals surface area contributed by atoms with Crippen molar-refractivity contribution in [2.75, 3.05) is 6.54 Å². The third-order valence-corrected chi connectivity index (χ3v) is 3.95. The fraction of sp³-hybridized carbons (Fsp3) is 0.0500. The van der Waals surface area contributed by atoms with Crippen LogP contribution < -0.4 is 10.7 Å². The number of non-ortho nitro benzene ring substituents is 1. The van der Waals surface area contributed by atoms with E-state index in [-0.39, 0.29) is 18.1 Å². The van der Waals surface area contributed by atoms with E-state index in [1.54, 1.807) is 12.1 Å². The Hall–Kier alpha value is -4.07. The average molecular weight is 376 g/mol. The molecule has 8 heteroatoms. The Morgan fingerprint density at radius 1 is 1.00 bits per heavy atom. The van der Waals surface area contributed by atoms with Crippen molar-refractivity contribution in [3.8, 4) is 0 Å². The number of rotatable bonds is 6. The van der Waals surface area contributed by atoms with Crippen LogP contribution in [0.4, 0.5) is 5.69 Å². The smallest absolute Gasteiger partial charge is 0.269 e. The number of nitrogens with one attached hydrogen (secondary N) is 2. The Balaban J connectivity index is 1.53. The standard InChI is InChI=1S/C20H16N4O4/c25-19(23-22-12-14-8-10-16(11-9-14)24(27)28)13-21-20(26)18-7-3-5-15-4-1-2-6-17(15)18/h1-12H,13H2,(H,21,26)(H,23,25)/b22-12-. The number of benzene rings is 3. The van der Waals surface area contributed by atoms with Gasteiger partial charge in [0.05, 0.1) is 17.7 Å². The molecule has 0 unspecified atom stereocenters. The predicted molar refractivity (Wildman–Crippen MR) is 105 cm³/mol. The first-order chi connectivity index (χ1) is 13.5. The summed E-state index contributed by atoms with van der Waals surface area (Å²) in [6.07, 6.45) is 1.36. The molecular weight excluding hydrogens is 360 g/mol. The number of nitro groups is 1. The summed E-state index contributed by atoms with van der Waals surface area (Å²) in [5, 5.41) is 18.7. The summed E-state index contributed by atoms with van der Waals surface area (Å²) in [6.45, 7) is -0.236. The van der Waals surface area contributed by atoms with Crippen LogP contribution >= 0.6 is 0 Å². The molecule has 2 N–H and O–H groups in total. The minimum atomic E-state index is -0.499. The van der Waals surface area contributed by atoms with Crippen LogP contribution in [0, 0.1) is 10.1 Å². The van der Waals surface area contributed by atoms with Crippen molar-refractivity contribution in [2.24, 2.45) is 5.10 Å². The lowest BCUT2D eigenvalue weighted by atomic mass is 10.0. The predicted octanol–water partition coefficient (Wildman–Crippen LogP) is 2.63. The molecule has 0 aliphatic rings. The summed E-state index contributed by atoms with van der Waals surface area (Å²) < 4.78 is 0. The van der Waals surface area contributed by atoms with E-state index in [1.807, 2.05) is 30.3 Å². The van der Waals surface area contributed by atoms with E-state index in [4.69, 9.17) is 0 Å². The van der Waals surface area contributed by atoms with Gasteiger partial charge in [-0.05, 0) is 34.5 Å². The molecule has 0 radical (unpaired) electrons. The van der Waals surface area contributed by atoms with Crippen LogP contribution in [0.5, 0.6) is 0 Å². The Bertz CT molecular complexity index is 1060. The summed E-state index contributed by atoms with van der Waals surface area (Å²) in [4.78, 5) is 34.3. The van der Waals surface area contributed by atoms with Gasteiger partial charge in [-0.1, -0.05) is 36.4 Å². The maximum absolute atomic E-state index is 12.4.